The SMILES string of the molecule is CCC(C)C(C)NCc1ccn(CC)c1. The van der Waals surface area contributed by atoms with Crippen molar-refractivity contribution in [1.82, 2.24) is 9.88 Å². The molecule has 0 spiro atoms. The van der Waals surface area contributed by atoms with E-state index in [0.29, 0.717) is 6.04 Å². The largest absolute Gasteiger partial charge is 0.354 e. The van der Waals surface area contributed by atoms with Crippen LogP contribution in [0.4, 0.5) is 0 Å². The molecule has 0 aliphatic rings. The van der Waals surface area contributed by atoms with Crippen molar-refractivity contribution in [3.8, 4) is 0 Å². The Labute approximate surface area is 93.7 Å². The van der Waals surface area contributed by atoms with Crippen LogP contribution in [0.3, 0.4) is 0 Å². The molecule has 0 aliphatic heterocycles. The van der Waals surface area contributed by atoms with Crippen molar-refractivity contribution in [2.45, 2.75) is 53.2 Å². The summed E-state index contributed by atoms with van der Waals surface area (Å²) >= 11 is 0. The Morgan fingerprint density at radius 2 is 2.07 bits per heavy atom. The van der Waals surface area contributed by atoms with E-state index in [4.69, 9.17) is 0 Å². The lowest BCUT2D eigenvalue weighted by atomic mass is 10.0. The van der Waals surface area contributed by atoms with E-state index in [2.05, 4.69) is 56.0 Å². The smallest absolute Gasteiger partial charge is 0.0223 e. The second-order valence-corrected chi connectivity index (χ2v) is 4.41. The van der Waals surface area contributed by atoms with Crippen LogP contribution >= 0.6 is 0 Å². The molecule has 0 saturated heterocycles. The molecule has 2 nitrogen and oxygen atoms in total. The van der Waals surface area contributed by atoms with Gasteiger partial charge in [-0.25, -0.2) is 0 Å². The summed E-state index contributed by atoms with van der Waals surface area (Å²) in [4.78, 5) is 0. The lowest BCUT2D eigenvalue weighted by Crippen LogP contribution is -2.31. The van der Waals surface area contributed by atoms with Crippen LogP contribution in [0.5, 0.6) is 0 Å². The highest BCUT2D eigenvalue weighted by Crippen LogP contribution is 2.08. The number of rotatable bonds is 6. The first-order chi connectivity index (χ1) is 7.17. The minimum Gasteiger partial charge on any atom is -0.354 e. The van der Waals surface area contributed by atoms with Gasteiger partial charge in [0.05, 0.1) is 0 Å². The molecule has 1 N–H and O–H groups in total. The summed E-state index contributed by atoms with van der Waals surface area (Å²) in [6.45, 7) is 11.0. The van der Waals surface area contributed by atoms with Gasteiger partial charge in [-0.2, -0.15) is 0 Å². The van der Waals surface area contributed by atoms with E-state index in [1.807, 2.05) is 0 Å². The van der Waals surface area contributed by atoms with E-state index >= 15 is 0 Å². The van der Waals surface area contributed by atoms with Gasteiger partial charge in [0.25, 0.3) is 0 Å². The summed E-state index contributed by atoms with van der Waals surface area (Å²) in [5.41, 5.74) is 1.38. The summed E-state index contributed by atoms with van der Waals surface area (Å²) in [7, 11) is 0. The molecule has 86 valence electrons. The maximum atomic E-state index is 3.57. The maximum absolute atomic E-state index is 3.57. The summed E-state index contributed by atoms with van der Waals surface area (Å²) in [5, 5.41) is 3.57. The zero-order chi connectivity index (χ0) is 11.3. The van der Waals surface area contributed by atoms with Gasteiger partial charge in [-0.05, 0) is 31.4 Å². The van der Waals surface area contributed by atoms with Crippen molar-refractivity contribution in [2.24, 2.45) is 5.92 Å². The fourth-order valence-corrected chi connectivity index (χ4v) is 1.63. The van der Waals surface area contributed by atoms with Crippen LogP contribution in [0.15, 0.2) is 18.5 Å². The highest BCUT2D eigenvalue weighted by molar-refractivity contribution is 5.09. The normalized spacial score (nSPS) is 15.2. The van der Waals surface area contributed by atoms with Gasteiger partial charge < -0.3 is 9.88 Å². The number of aryl methyl sites for hydroxylation is 1. The molecule has 1 rings (SSSR count). The molecule has 1 aromatic heterocycles. The number of hydrogen-bond acceptors (Lipinski definition) is 1. The molecule has 1 aromatic rings. The molecule has 2 unspecified atom stereocenters. The summed E-state index contributed by atoms with van der Waals surface area (Å²) < 4.78 is 2.21. The molecule has 0 bridgehead atoms. The van der Waals surface area contributed by atoms with Gasteiger partial charge in [0.15, 0.2) is 0 Å². The first-order valence-corrected chi connectivity index (χ1v) is 6.05. The van der Waals surface area contributed by atoms with E-state index in [-0.39, 0.29) is 0 Å². The van der Waals surface area contributed by atoms with Crippen molar-refractivity contribution in [3.05, 3.63) is 24.0 Å². The van der Waals surface area contributed by atoms with Crippen LogP contribution in [0.1, 0.15) is 39.7 Å². The predicted octanol–water partition coefficient (Wildman–Crippen LogP) is 3.03. The fourth-order valence-electron chi connectivity index (χ4n) is 1.63. The van der Waals surface area contributed by atoms with Crippen LogP contribution in [0.25, 0.3) is 0 Å². The summed E-state index contributed by atoms with van der Waals surface area (Å²) in [6.07, 6.45) is 5.60. The molecule has 15 heavy (non-hydrogen) atoms. The zero-order valence-corrected chi connectivity index (χ0v) is 10.5. The summed E-state index contributed by atoms with van der Waals surface area (Å²) in [6, 6.07) is 2.79. The van der Waals surface area contributed by atoms with Crippen molar-refractivity contribution in [2.75, 3.05) is 0 Å². The monoisotopic (exact) mass is 208 g/mol. The first-order valence-electron chi connectivity index (χ1n) is 6.05. The molecule has 0 fully saturated rings. The molecular formula is C13H24N2. The van der Waals surface area contributed by atoms with Crippen LogP contribution < -0.4 is 5.32 Å². The molecule has 0 aliphatic carbocycles. The van der Waals surface area contributed by atoms with Gasteiger partial charge in [0.1, 0.15) is 0 Å². The minimum atomic E-state index is 0.597. The topological polar surface area (TPSA) is 17.0 Å². The average Bonchev–Trinajstić information content (AvgIpc) is 2.72. The Bertz CT molecular complexity index is 278. The molecule has 0 amide bonds. The van der Waals surface area contributed by atoms with Crippen LogP contribution in [0, 0.1) is 5.92 Å². The Morgan fingerprint density at radius 3 is 2.60 bits per heavy atom. The van der Waals surface area contributed by atoms with Gasteiger partial charge in [-0.15, -0.1) is 0 Å². The van der Waals surface area contributed by atoms with Gasteiger partial charge in [-0.3, -0.25) is 0 Å². The molecule has 0 aromatic carbocycles. The van der Waals surface area contributed by atoms with Crippen molar-refractivity contribution in [1.29, 1.82) is 0 Å². The highest BCUT2D eigenvalue weighted by Gasteiger charge is 2.08. The van der Waals surface area contributed by atoms with Gasteiger partial charge in [0.2, 0.25) is 0 Å². The van der Waals surface area contributed by atoms with Crippen molar-refractivity contribution >= 4 is 0 Å². The summed E-state index contributed by atoms with van der Waals surface area (Å²) in [5.74, 6) is 0.748. The number of hydrogen-bond donors (Lipinski definition) is 1. The predicted molar refractivity (Wildman–Crippen MR) is 65.9 cm³/mol. The Hall–Kier alpha value is -0.760. The second kappa shape index (κ2) is 5.96. The molecule has 0 radical (unpaired) electrons. The van der Waals surface area contributed by atoms with Crippen LogP contribution in [0.2, 0.25) is 0 Å². The number of nitrogens with zero attached hydrogens (tertiary/aromatic N) is 1. The average molecular weight is 208 g/mol. The van der Waals surface area contributed by atoms with Gasteiger partial charge in [0, 0.05) is 31.5 Å². The standard InChI is InChI=1S/C13H24N2/c1-5-11(3)12(4)14-9-13-7-8-15(6-2)10-13/h7-8,10-12,14H,5-6,9H2,1-4H3. The molecule has 2 atom stereocenters. The van der Waals surface area contributed by atoms with Crippen LogP contribution in [-0.2, 0) is 13.1 Å². The van der Waals surface area contributed by atoms with E-state index in [9.17, 15) is 0 Å². The van der Waals surface area contributed by atoms with Gasteiger partial charge in [-0.1, -0.05) is 20.3 Å². The Morgan fingerprint density at radius 1 is 1.33 bits per heavy atom. The third kappa shape index (κ3) is 3.71. The highest BCUT2D eigenvalue weighted by atomic mass is 14.9. The van der Waals surface area contributed by atoms with Crippen molar-refractivity contribution in [3.63, 3.8) is 0 Å². The zero-order valence-electron chi connectivity index (χ0n) is 10.5. The quantitative estimate of drug-likeness (QED) is 0.760. The number of nitrogens with one attached hydrogen (secondary N) is 1. The first kappa shape index (κ1) is 12.3. The van der Waals surface area contributed by atoms with E-state index in [1.165, 1.54) is 12.0 Å². The minimum absolute atomic E-state index is 0.597. The lowest BCUT2D eigenvalue weighted by molar-refractivity contribution is 0.389. The van der Waals surface area contributed by atoms with E-state index in [0.717, 1.165) is 19.0 Å². The molecule has 2 heteroatoms. The third-order valence-corrected chi connectivity index (χ3v) is 3.30. The molecule has 0 saturated carbocycles. The van der Waals surface area contributed by atoms with E-state index < -0.39 is 0 Å². The second-order valence-electron chi connectivity index (χ2n) is 4.41. The lowest BCUT2D eigenvalue weighted by Gasteiger charge is -2.19. The van der Waals surface area contributed by atoms with Crippen molar-refractivity contribution < 1.29 is 0 Å². The fraction of sp³-hybridized carbons (Fsp3) is 0.692. The van der Waals surface area contributed by atoms with E-state index in [1.54, 1.807) is 0 Å². The Balaban J connectivity index is 2.36. The maximum Gasteiger partial charge on any atom is 0.0223 e. The molecule has 1 heterocycles. The third-order valence-electron chi connectivity index (χ3n) is 3.30. The van der Waals surface area contributed by atoms with Crippen LogP contribution in [-0.4, -0.2) is 10.6 Å². The van der Waals surface area contributed by atoms with Gasteiger partial charge >= 0.3 is 0 Å². The number of aromatic nitrogens is 1. The Kier molecular flexibility index (Phi) is 4.89. The molecular weight excluding hydrogens is 184 g/mol.